The molecule has 0 bridgehead atoms. The fraction of sp³-hybridized carbons (Fsp3) is 0.240. The summed E-state index contributed by atoms with van der Waals surface area (Å²) in [5, 5.41) is 14.3. The van der Waals surface area contributed by atoms with Gasteiger partial charge in [-0.2, -0.15) is 0 Å². The lowest BCUT2D eigenvalue weighted by molar-refractivity contribution is -0.384. The molecule has 8 nitrogen and oxygen atoms in total. The predicted molar refractivity (Wildman–Crippen MR) is 128 cm³/mol. The maximum atomic E-state index is 14.2. The van der Waals surface area contributed by atoms with Crippen LogP contribution < -0.4 is 5.32 Å². The molecule has 1 spiro atoms. The summed E-state index contributed by atoms with van der Waals surface area (Å²) in [6.45, 7) is 0. The Bertz CT molecular complexity index is 1320. The molecule has 0 aliphatic carbocycles. The maximum absolute atomic E-state index is 14.2. The molecule has 3 aliphatic heterocycles. The number of carbonyl (C=O) groups excluding carboxylic acids is 2. The molecule has 170 valence electrons. The Hall–Kier alpha value is -3.56. The van der Waals surface area contributed by atoms with Gasteiger partial charge in [0.1, 0.15) is 11.2 Å². The third-order valence-electron chi connectivity index (χ3n) is 7.22. The van der Waals surface area contributed by atoms with Crippen molar-refractivity contribution in [3.63, 3.8) is 0 Å². The molecule has 3 aromatic rings. The van der Waals surface area contributed by atoms with Gasteiger partial charge in [-0.05, 0) is 23.8 Å². The topological polar surface area (TPSA) is 105 Å². The summed E-state index contributed by atoms with van der Waals surface area (Å²) in [7, 11) is 0. The second kappa shape index (κ2) is 7.75. The fourth-order valence-electron chi connectivity index (χ4n) is 5.89. The number of Topliss-reactive ketones (excluding diaryl/α,β-unsaturated/α-hetero) is 1. The molecule has 1 aromatic heterocycles. The van der Waals surface area contributed by atoms with Gasteiger partial charge in [-0.15, -0.1) is 11.8 Å². The van der Waals surface area contributed by atoms with E-state index in [1.165, 1.54) is 12.1 Å². The highest BCUT2D eigenvalue weighted by Crippen LogP contribution is 2.61. The van der Waals surface area contributed by atoms with Crippen molar-refractivity contribution in [1.82, 2.24) is 9.88 Å². The van der Waals surface area contributed by atoms with E-state index >= 15 is 0 Å². The number of non-ortho nitro benzene ring substituents is 1. The summed E-state index contributed by atoms with van der Waals surface area (Å²) in [5.74, 6) is -0.108. The molecule has 2 aromatic carbocycles. The van der Waals surface area contributed by atoms with Crippen LogP contribution in [-0.2, 0) is 10.3 Å². The molecule has 1 N–H and O–H groups in total. The molecule has 9 heteroatoms. The number of rotatable bonds is 4. The average molecular weight is 473 g/mol. The zero-order valence-electron chi connectivity index (χ0n) is 18.0. The summed E-state index contributed by atoms with van der Waals surface area (Å²) in [6.07, 6.45) is 1.58. The number of fused-ring (bicyclic) bond motifs is 4. The lowest BCUT2D eigenvalue weighted by atomic mass is 9.70. The second-order valence-electron chi connectivity index (χ2n) is 8.73. The Labute approximate surface area is 199 Å². The number of carbonyl (C=O) groups is 2. The predicted octanol–water partition coefficient (Wildman–Crippen LogP) is 3.81. The first-order valence-electron chi connectivity index (χ1n) is 11.0. The van der Waals surface area contributed by atoms with Gasteiger partial charge < -0.3 is 5.32 Å². The number of hydrogen-bond donors (Lipinski definition) is 1. The molecule has 2 fully saturated rings. The first kappa shape index (κ1) is 21.0. The molecule has 34 heavy (non-hydrogen) atoms. The van der Waals surface area contributed by atoms with Crippen molar-refractivity contribution in [2.75, 3.05) is 16.9 Å². The van der Waals surface area contributed by atoms with Crippen LogP contribution in [0.4, 0.5) is 11.4 Å². The van der Waals surface area contributed by atoms with Crippen molar-refractivity contribution in [1.29, 1.82) is 0 Å². The largest absolute Gasteiger partial charge is 0.324 e. The van der Waals surface area contributed by atoms with Crippen molar-refractivity contribution in [3.8, 4) is 0 Å². The standard InChI is InChI=1S/C25H20N4O4S/c30-23(19-7-3-4-12-26-19)22-21(15-8-10-16(11-9-15)29(32)33)20-13-34-14-28(20)25(22)17-5-1-2-6-18(17)27-24(25)31/h1-12,20-22H,13-14H2,(H,27,31)/t20?,21?,22?,25-/m1/s1. The number of thioether (sulfide) groups is 1. The van der Waals surface area contributed by atoms with Crippen LogP contribution in [0.1, 0.15) is 27.5 Å². The van der Waals surface area contributed by atoms with Crippen molar-refractivity contribution in [2.45, 2.75) is 17.5 Å². The Morgan fingerprint density at radius 1 is 1.12 bits per heavy atom. The number of benzene rings is 2. The minimum absolute atomic E-state index is 0.00864. The number of aromatic nitrogens is 1. The molecular formula is C25H20N4O4S. The number of anilines is 1. The molecule has 6 rings (SSSR count). The van der Waals surface area contributed by atoms with Crippen LogP contribution in [0.2, 0.25) is 0 Å². The lowest BCUT2D eigenvalue weighted by Gasteiger charge is -2.36. The van der Waals surface area contributed by atoms with E-state index < -0.39 is 16.4 Å². The highest BCUT2D eigenvalue weighted by molar-refractivity contribution is 7.99. The van der Waals surface area contributed by atoms with Gasteiger partial charge in [0.2, 0.25) is 5.91 Å². The highest BCUT2D eigenvalue weighted by atomic mass is 32.2. The van der Waals surface area contributed by atoms with E-state index in [1.807, 2.05) is 24.3 Å². The van der Waals surface area contributed by atoms with Crippen LogP contribution in [0, 0.1) is 16.0 Å². The van der Waals surface area contributed by atoms with Gasteiger partial charge in [-0.3, -0.25) is 29.6 Å². The number of ketones is 1. The molecule has 3 unspecified atom stereocenters. The number of hydrogen-bond acceptors (Lipinski definition) is 7. The Morgan fingerprint density at radius 3 is 2.62 bits per heavy atom. The number of nitrogens with zero attached hydrogens (tertiary/aromatic N) is 3. The third kappa shape index (κ3) is 2.80. The molecule has 4 heterocycles. The number of nitro benzene ring substituents is 1. The normalized spacial score (nSPS) is 27.4. The molecule has 0 saturated carbocycles. The smallest absolute Gasteiger partial charge is 0.269 e. The fourth-order valence-corrected chi connectivity index (χ4v) is 7.22. The molecule has 0 radical (unpaired) electrons. The average Bonchev–Trinajstić information content (AvgIpc) is 3.52. The van der Waals surface area contributed by atoms with E-state index in [1.54, 1.807) is 48.3 Å². The number of para-hydroxylation sites is 1. The van der Waals surface area contributed by atoms with E-state index in [-0.39, 0.29) is 29.3 Å². The summed E-state index contributed by atoms with van der Waals surface area (Å²) in [4.78, 5) is 45.3. The van der Waals surface area contributed by atoms with Gasteiger partial charge in [0.15, 0.2) is 5.78 Å². The summed E-state index contributed by atoms with van der Waals surface area (Å²) in [5.41, 5.74) is 1.45. The van der Waals surface area contributed by atoms with E-state index in [2.05, 4.69) is 15.2 Å². The monoisotopic (exact) mass is 472 g/mol. The summed E-state index contributed by atoms with van der Waals surface area (Å²) >= 11 is 1.73. The quantitative estimate of drug-likeness (QED) is 0.350. The van der Waals surface area contributed by atoms with Gasteiger partial charge >= 0.3 is 0 Å². The van der Waals surface area contributed by atoms with Crippen LogP contribution in [0.5, 0.6) is 0 Å². The van der Waals surface area contributed by atoms with E-state index in [4.69, 9.17) is 0 Å². The van der Waals surface area contributed by atoms with Crippen molar-refractivity contribution < 1.29 is 14.5 Å². The number of nitro groups is 1. The van der Waals surface area contributed by atoms with E-state index in [9.17, 15) is 19.7 Å². The first-order chi connectivity index (χ1) is 16.5. The van der Waals surface area contributed by atoms with Gasteiger partial charge in [0.25, 0.3) is 5.69 Å². The van der Waals surface area contributed by atoms with E-state index in [0.717, 1.165) is 16.9 Å². The SMILES string of the molecule is O=C(c1ccccn1)C1C(c2ccc([N+](=O)[O-])cc2)C2CSCN2[C@@]12C(=O)Nc1ccccc12. The lowest BCUT2D eigenvalue weighted by Crippen LogP contribution is -2.52. The van der Waals surface area contributed by atoms with Gasteiger partial charge in [0.05, 0.1) is 10.8 Å². The minimum Gasteiger partial charge on any atom is -0.324 e. The molecule has 1 amide bonds. The van der Waals surface area contributed by atoms with Gasteiger partial charge in [-0.25, -0.2) is 0 Å². The summed E-state index contributed by atoms with van der Waals surface area (Å²) < 4.78 is 0. The Kier molecular flexibility index (Phi) is 4.79. The second-order valence-corrected chi connectivity index (χ2v) is 9.73. The van der Waals surface area contributed by atoms with Crippen molar-refractivity contribution >= 4 is 34.8 Å². The maximum Gasteiger partial charge on any atom is 0.269 e. The van der Waals surface area contributed by atoms with Crippen LogP contribution >= 0.6 is 11.8 Å². The van der Waals surface area contributed by atoms with Gasteiger partial charge in [-0.1, -0.05) is 36.4 Å². The number of nitrogens with one attached hydrogen (secondary N) is 1. The first-order valence-corrected chi connectivity index (χ1v) is 12.1. The zero-order chi connectivity index (χ0) is 23.4. The number of amides is 1. The molecule has 3 aliphatic rings. The zero-order valence-corrected chi connectivity index (χ0v) is 18.8. The van der Waals surface area contributed by atoms with E-state index in [0.29, 0.717) is 17.3 Å². The van der Waals surface area contributed by atoms with Gasteiger partial charge in [0, 0.05) is 53.2 Å². The van der Waals surface area contributed by atoms with Crippen LogP contribution in [0.3, 0.4) is 0 Å². The Balaban J connectivity index is 1.59. The molecule has 4 atom stereocenters. The third-order valence-corrected chi connectivity index (χ3v) is 8.25. The highest BCUT2D eigenvalue weighted by Gasteiger charge is 2.69. The van der Waals surface area contributed by atoms with Crippen LogP contribution in [0.25, 0.3) is 0 Å². The van der Waals surface area contributed by atoms with Crippen molar-refractivity contribution in [3.05, 3.63) is 99.9 Å². The molecule has 2 saturated heterocycles. The van der Waals surface area contributed by atoms with Crippen LogP contribution in [0.15, 0.2) is 72.9 Å². The minimum atomic E-state index is -1.17. The number of pyridine rings is 1. The van der Waals surface area contributed by atoms with Crippen molar-refractivity contribution in [2.24, 2.45) is 5.92 Å². The summed E-state index contributed by atoms with van der Waals surface area (Å²) in [6, 6.07) is 19.0. The van der Waals surface area contributed by atoms with Crippen LogP contribution in [-0.4, -0.2) is 44.2 Å². The molecular weight excluding hydrogens is 452 g/mol. The Morgan fingerprint density at radius 2 is 1.88 bits per heavy atom.